The van der Waals surface area contributed by atoms with Gasteiger partial charge >= 0.3 is 17.8 Å². The Hall–Kier alpha value is -2.45. The first-order valence-electron chi connectivity index (χ1n) is 8.33. The lowest BCUT2D eigenvalue weighted by Gasteiger charge is -2.62. The topological polar surface area (TPSA) is 91.1 Å². The molecule has 9 heteroatoms. The standard InChI is InChI=1S/C17H16F3N3O3/c18-17(19,20)16(22-23-16)11-4-2-10(3-5-11)12(24)21-15(13(25)26)9-8-14(15)6-1-7-14/h2-5H,1,6-9H2,(H,21,24)(H,25,26). The third-order valence-corrected chi connectivity index (χ3v) is 6.13. The molecule has 1 atom stereocenters. The van der Waals surface area contributed by atoms with Gasteiger partial charge < -0.3 is 10.4 Å². The molecule has 4 rings (SSSR count). The molecule has 0 radical (unpaired) electrons. The molecule has 1 aromatic rings. The molecule has 6 nitrogen and oxygen atoms in total. The van der Waals surface area contributed by atoms with Gasteiger partial charge in [-0.15, -0.1) is 10.2 Å². The van der Waals surface area contributed by atoms with Gasteiger partial charge in [0.25, 0.3) is 5.91 Å². The Morgan fingerprint density at radius 2 is 1.65 bits per heavy atom. The molecule has 2 N–H and O–H groups in total. The highest BCUT2D eigenvalue weighted by atomic mass is 19.4. The fourth-order valence-electron chi connectivity index (χ4n) is 4.15. The number of carbonyl (C=O) groups excluding carboxylic acids is 1. The summed E-state index contributed by atoms with van der Waals surface area (Å²) in [6, 6.07) is 4.78. The van der Waals surface area contributed by atoms with Gasteiger partial charge in [-0.2, -0.15) is 13.2 Å². The van der Waals surface area contributed by atoms with Gasteiger partial charge in [0.1, 0.15) is 5.54 Å². The third-order valence-electron chi connectivity index (χ3n) is 6.13. The number of hydrogen-bond donors (Lipinski definition) is 2. The molecule has 138 valence electrons. The van der Waals surface area contributed by atoms with E-state index in [1.807, 2.05) is 0 Å². The Morgan fingerprint density at radius 1 is 1.04 bits per heavy atom. The number of amides is 1. The van der Waals surface area contributed by atoms with Crippen molar-refractivity contribution in [3.63, 3.8) is 0 Å². The summed E-state index contributed by atoms with van der Waals surface area (Å²) in [5.41, 5.74) is -4.27. The lowest BCUT2D eigenvalue weighted by molar-refractivity contribution is -0.171. The number of carbonyl (C=O) groups is 2. The number of aliphatic carboxylic acids is 1. The Balaban J connectivity index is 1.53. The third kappa shape index (κ3) is 2.05. The first-order chi connectivity index (χ1) is 12.2. The number of hydrogen-bond acceptors (Lipinski definition) is 4. The van der Waals surface area contributed by atoms with Gasteiger partial charge in [-0.05, 0) is 37.8 Å². The van der Waals surface area contributed by atoms with Gasteiger partial charge in [0, 0.05) is 16.5 Å². The fourth-order valence-corrected chi connectivity index (χ4v) is 4.15. The van der Waals surface area contributed by atoms with Gasteiger partial charge in [-0.1, -0.05) is 18.6 Å². The molecule has 1 spiro atoms. The fraction of sp³-hybridized carbons (Fsp3) is 0.529. The van der Waals surface area contributed by atoms with Gasteiger partial charge in [-0.3, -0.25) is 4.79 Å². The summed E-state index contributed by atoms with van der Waals surface area (Å²) in [7, 11) is 0. The van der Waals surface area contributed by atoms with Crippen LogP contribution >= 0.6 is 0 Å². The molecule has 1 heterocycles. The molecular formula is C17H16F3N3O3. The maximum atomic E-state index is 13.0. The zero-order chi connectivity index (χ0) is 18.8. The summed E-state index contributed by atoms with van der Waals surface area (Å²) in [5.74, 6) is -1.66. The number of halogens is 3. The largest absolute Gasteiger partial charge is 0.479 e. The minimum atomic E-state index is -4.63. The molecule has 1 amide bonds. The second-order valence-electron chi connectivity index (χ2n) is 7.25. The number of carboxylic acids is 1. The van der Waals surface area contributed by atoms with Gasteiger partial charge in [0.2, 0.25) is 0 Å². The summed E-state index contributed by atoms with van der Waals surface area (Å²) < 4.78 is 39.0. The summed E-state index contributed by atoms with van der Waals surface area (Å²) in [6.07, 6.45) is -1.05. The zero-order valence-electron chi connectivity index (χ0n) is 13.6. The van der Waals surface area contributed by atoms with E-state index in [9.17, 15) is 27.9 Å². The van der Waals surface area contributed by atoms with Crippen LogP contribution in [0.25, 0.3) is 0 Å². The maximum Gasteiger partial charge on any atom is 0.442 e. The molecule has 2 aliphatic carbocycles. The Kier molecular flexibility index (Phi) is 3.30. The smallest absolute Gasteiger partial charge is 0.442 e. The minimum absolute atomic E-state index is 0.105. The van der Waals surface area contributed by atoms with E-state index in [0.717, 1.165) is 37.8 Å². The van der Waals surface area contributed by atoms with Crippen LogP contribution in [0, 0.1) is 5.41 Å². The van der Waals surface area contributed by atoms with E-state index in [2.05, 4.69) is 15.5 Å². The highest BCUT2D eigenvalue weighted by Gasteiger charge is 2.67. The van der Waals surface area contributed by atoms with E-state index in [0.29, 0.717) is 6.42 Å². The van der Waals surface area contributed by atoms with E-state index in [1.165, 1.54) is 12.1 Å². The van der Waals surface area contributed by atoms with Crippen molar-refractivity contribution in [3.8, 4) is 0 Å². The van der Waals surface area contributed by atoms with Crippen molar-refractivity contribution in [1.29, 1.82) is 0 Å². The molecule has 2 fully saturated rings. The maximum absolute atomic E-state index is 13.0. The lowest BCUT2D eigenvalue weighted by atomic mass is 9.45. The first kappa shape index (κ1) is 17.0. The number of nitrogens with one attached hydrogen (secondary N) is 1. The molecule has 26 heavy (non-hydrogen) atoms. The van der Waals surface area contributed by atoms with Crippen molar-refractivity contribution in [2.45, 2.75) is 49.5 Å². The van der Waals surface area contributed by atoms with Crippen LogP contribution in [0.4, 0.5) is 13.2 Å². The number of nitrogens with zero attached hydrogens (tertiary/aromatic N) is 2. The number of rotatable bonds is 4. The summed E-state index contributed by atoms with van der Waals surface area (Å²) in [6.45, 7) is 0. The lowest BCUT2D eigenvalue weighted by Crippen LogP contribution is -2.73. The Morgan fingerprint density at radius 3 is 2.00 bits per heavy atom. The van der Waals surface area contributed by atoms with Crippen LogP contribution in [-0.2, 0) is 10.5 Å². The highest BCUT2D eigenvalue weighted by Crippen LogP contribution is 2.62. The van der Waals surface area contributed by atoms with Crippen molar-refractivity contribution in [2.24, 2.45) is 15.6 Å². The average molecular weight is 367 g/mol. The van der Waals surface area contributed by atoms with Crippen molar-refractivity contribution in [3.05, 3.63) is 35.4 Å². The Bertz CT molecular complexity index is 803. The van der Waals surface area contributed by atoms with Crippen LogP contribution in [0.2, 0.25) is 0 Å². The second kappa shape index (κ2) is 5.05. The Labute approximate surface area is 146 Å². The van der Waals surface area contributed by atoms with Crippen molar-refractivity contribution in [1.82, 2.24) is 5.32 Å². The molecule has 1 aliphatic heterocycles. The molecule has 1 aromatic carbocycles. The van der Waals surface area contributed by atoms with E-state index < -0.39 is 29.3 Å². The van der Waals surface area contributed by atoms with E-state index in [1.54, 1.807) is 0 Å². The van der Waals surface area contributed by atoms with Crippen molar-refractivity contribution in [2.75, 3.05) is 0 Å². The monoisotopic (exact) mass is 367 g/mol. The predicted molar refractivity (Wildman–Crippen MR) is 82.4 cm³/mol. The predicted octanol–water partition coefficient (Wildman–Crippen LogP) is 3.38. The van der Waals surface area contributed by atoms with E-state index in [-0.39, 0.29) is 16.5 Å². The molecule has 0 aromatic heterocycles. The van der Waals surface area contributed by atoms with E-state index >= 15 is 0 Å². The highest BCUT2D eigenvalue weighted by molar-refractivity contribution is 5.98. The molecule has 1 unspecified atom stereocenters. The second-order valence-corrected chi connectivity index (χ2v) is 7.25. The molecule has 0 saturated heterocycles. The zero-order valence-corrected chi connectivity index (χ0v) is 13.6. The van der Waals surface area contributed by atoms with Crippen molar-refractivity contribution < 1.29 is 27.9 Å². The van der Waals surface area contributed by atoms with Gasteiger partial charge in [0.05, 0.1) is 0 Å². The van der Waals surface area contributed by atoms with Gasteiger partial charge in [0.15, 0.2) is 0 Å². The van der Waals surface area contributed by atoms with Crippen LogP contribution in [0.1, 0.15) is 48.0 Å². The summed E-state index contributed by atoms with van der Waals surface area (Å²) >= 11 is 0. The van der Waals surface area contributed by atoms with Crippen LogP contribution in [-0.4, -0.2) is 28.7 Å². The van der Waals surface area contributed by atoms with Crippen LogP contribution in [0.5, 0.6) is 0 Å². The number of benzene rings is 1. The van der Waals surface area contributed by atoms with Crippen LogP contribution in [0.3, 0.4) is 0 Å². The van der Waals surface area contributed by atoms with Crippen molar-refractivity contribution >= 4 is 11.9 Å². The van der Waals surface area contributed by atoms with Gasteiger partial charge in [-0.25, -0.2) is 4.79 Å². The number of alkyl halides is 3. The summed E-state index contributed by atoms with van der Waals surface area (Å²) in [4.78, 5) is 24.3. The van der Waals surface area contributed by atoms with E-state index in [4.69, 9.17) is 0 Å². The normalized spacial score (nSPS) is 27.3. The molecule has 2 saturated carbocycles. The molecule has 3 aliphatic rings. The quantitative estimate of drug-likeness (QED) is 0.855. The number of carboxylic acid groups (broad SMARTS) is 1. The average Bonchev–Trinajstić information content (AvgIpc) is 3.31. The summed E-state index contributed by atoms with van der Waals surface area (Å²) in [5, 5.41) is 18.5. The van der Waals surface area contributed by atoms with Crippen LogP contribution < -0.4 is 5.32 Å². The van der Waals surface area contributed by atoms with Crippen LogP contribution in [0.15, 0.2) is 34.5 Å². The first-order valence-corrected chi connectivity index (χ1v) is 8.33. The molecular weight excluding hydrogens is 351 g/mol. The SMILES string of the molecule is O=C(NC1(C(=O)O)CCC12CCC2)c1ccc(C2(C(F)(F)F)N=N2)cc1. The molecule has 0 bridgehead atoms. The minimum Gasteiger partial charge on any atom is -0.479 e.